The van der Waals surface area contributed by atoms with Crippen molar-refractivity contribution in [3.63, 3.8) is 0 Å². The van der Waals surface area contributed by atoms with Gasteiger partial charge in [0.25, 0.3) is 6.43 Å². The molecule has 0 atom stereocenters. The summed E-state index contributed by atoms with van der Waals surface area (Å²) in [5.74, 6) is -0.990. The smallest absolute Gasteiger partial charge is 0.402 e. The monoisotopic (exact) mass is 368 g/mol. The minimum absolute atomic E-state index is 0.118. The highest BCUT2D eigenvalue weighted by Crippen LogP contribution is 2.36. The van der Waals surface area contributed by atoms with Crippen molar-refractivity contribution in [3.8, 4) is 5.75 Å². The Kier molecular flexibility index (Phi) is 4.47. The van der Waals surface area contributed by atoms with Crippen molar-refractivity contribution in [3.05, 3.63) is 21.0 Å². The highest BCUT2D eigenvalue weighted by atomic mass is 127. The number of hydrogen-bond acceptors (Lipinski definition) is 3. The fraction of sp³-hybridized carbons (Fsp3) is 0.375. The van der Waals surface area contributed by atoms with E-state index in [-0.39, 0.29) is 15.7 Å². The summed E-state index contributed by atoms with van der Waals surface area (Å²) < 4.78 is 64.6. The predicted molar refractivity (Wildman–Crippen MR) is 56.5 cm³/mol. The van der Waals surface area contributed by atoms with Gasteiger partial charge in [0.1, 0.15) is 5.69 Å². The van der Waals surface area contributed by atoms with E-state index < -0.39 is 24.2 Å². The van der Waals surface area contributed by atoms with E-state index in [4.69, 9.17) is 5.73 Å². The first-order chi connectivity index (χ1) is 7.76. The van der Waals surface area contributed by atoms with Gasteiger partial charge in [-0.05, 0) is 22.6 Å². The van der Waals surface area contributed by atoms with Gasteiger partial charge in [0.15, 0.2) is 5.75 Å². The van der Waals surface area contributed by atoms with Crippen LogP contribution in [0.1, 0.15) is 17.7 Å². The van der Waals surface area contributed by atoms with Crippen LogP contribution >= 0.6 is 22.6 Å². The molecule has 0 aliphatic heterocycles. The molecule has 0 fully saturated rings. The molecule has 0 saturated heterocycles. The maximum atomic E-state index is 12.5. The van der Waals surface area contributed by atoms with Crippen molar-refractivity contribution in [2.75, 3.05) is 0 Å². The maximum absolute atomic E-state index is 12.5. The summed E-state index contributed by atoms with van der Waals surface area (Å²) in [6, 6.07) is 0. The third-order valence-electron chi connectivity index (χ3n) is 1.72. The normalized spacial score (nSPS) is 12.0. The number of nitrogens with zero attached hydrogens (tertiary/aromatic N) is 1. The Hall–Kier alpha value is -0.710. The summed E-state index contributed by atoms with van der Waals surface area (Å²) >= 11 is 1.46. The zero-order chi connectivity index (χ0) is 13.2. The van der Waals surface area contributed by atoms with Crippen LogP contribution in [0, 0.1) is 3.57 Å². The zero-order valence-corrected chi connectivity index (χ0v) is 10.2. The van der Waals surface area contributed by atoms with Crippen LogP contribution in [0.5, 0.6) is 5.75 Å². The zero-order valence-electron chi connectivity index (χ0n) is 8.06. The summed E-state index contributed by atoms with van der Waals surface area (Å²) in [4.78, 5) is 3.23. The number of ether oxygens (including phenoxy) is 1. The van der Waals surface area contributed by atoms with Gasteiger partial charge in [-0.25, -0.2) is 8.78 Å². The summed E-state index contributed by atoms with van der Waals surface area (Å²) in [6.07, 6.45) is -7.21. The third kappa shape index (κ3) is 3.63. The van der Waals surface area contributed by atoms with Crippen molar-refractivity contribution in [2.45, 2.75) is 19.3 Å². The first-order valence-electron chi connectivity index (χ1n) is 4.17. The van der Waals surface area contributed by atoms with Crippen LogP contribution in [0.4, 0.5) is 22.0 Å². The summed E-state index contributed by atoms with van der Waals surface area (Å²) in [5.41, 5.74) is 4.39. The quantitative estimate of drug-likeness (QED) is 0.659. The fourth-order valence-corrected chi connectivity index (χ4v) is 1.78. The molecule has 1 rings (SSSR count). The molecule has 0 saturated carbocycles. The first kappa shape index (κ1) is 14.4. The van der Waals surface area contributed by atoms with Gasteiger partial charge in [-0.2, -0.15) is 0 Å². The highest BCUT2D eigenvalue weighted by molar-refractivity contribution is 14.1. The third-order valence-corrected chi connectivity index (χ3v) is 2.90. The summed E-state index contributed by atoms with van der Waals surface area (Å²) in [6.45, 7) is -0.122. The second-order valence-corrected chi connectivity index (χ2v) is 3.94. The lowest BCUT2D eigenvalue weighted by molar-refractivity contribution is -0.275. The molecule has 0 aliphatic rings. The Bertz CT molecular complexity index is 410. The van der Waals surface area contributed by atoms with Crippen molar-refractivity contribution in [1.29, 1.82) is 0 Å². The van der Waals surface area contributed by atoms with Crippen LogP contribution in [-0.4, -0.2) is 11.3 Å². The number of nitrogens with two attached hydrogens (primary N) is 1. The minimum atomic E-state index is -5.06. The van der Waals surface area contributed by atoms with Gasteiger partial charge in [-0.3, -0.25) is 4.98 Å². The molecular weight excluding hydrogens is 362 g/mol. The maximum Gasteiger partial charge on any atom is 0.573 e. The van der Waals surface area contributed by atoms with E-state index in [9.17, 15) is 22.0 Å². The number of alkyl halides is 5. The van der Waals surface area contributed by atoms with Gasteiger partial charge >= 0.3 is 6.36 Å². The Morgan fingerprint density at radius 3 is 2.41 bits per heavy atom. The standard InChI is InChI=1S/C8H6F5IN2O/c9-7(10)5-6(17-8(11,12)13)4(14)3(1-15)2-16-5/h2,7H,1,15H2. The molecule has 2 N–H and O–H groups in total. The second kappa shape index (κ2) is 5.29. The molecule has 3 nitrogen and oxygen atoms in total. The van der Waals surface area contributed by atoms with E-state index in [0.29, 0.717) is 0 Å². The van der Waals surface area contributed by atoms with Crippen molar-refractivity contribution >= 4 is 22.6 Å². The number of aromatic nitrogens is 1. The van der Waals surface area contributed by atoms with Crippen molar-refractivity contribution < 1.29 is 26.7 Å². The lowest BCUT2D eigenvalue weighted by Gasteiger charge is -2.15. The molecular formula is C8H6F5IN2O. The fourth-order valence-electron chi connectivity index (χ4n) is 1.03. The lowest BCUT2D eigenvalue weighted by atomic mass is 10.2. The van der Waals surface area contributed by atoms with Gasteiger partial charge in [-0.1, -0.05) is 0 Å². The van der Waals surface area contributed by atoms with E-state index in [0.717, 1.165) is 6.20 Å². The highest BCUT2D eigenvalue weighted by Gasteiger charge is 2.35. The van der Waals surface area contributed by atoms with Gasteiger partial charge in [0.05, 0.1) is 3.57 Å². The Morgan fingerprint density at radius 1 is 1.41 bits per heavy atom. The van der Waals surface area contributed by atoms with Crippen LogP contribution < -0.4 is 10.5 Å². The number of rotatable bonds is 3. The van der Waals surface area contributed by atoms with Crippen LogP contribution in [0.3, 0.4) is 0 Å². The molecule has 1 aromatic heterocycles. The van der Waals surface area contributed by atoms with Crippen LogP contribution in [0.2, 0.25) is 0 Å². The van der Waals surface area contributed by atoms with Crippen LogP contribution in [0.15, 0.2) is 6.20 Å². The van der Waals surface area contributed by atoms with Crippen LogP contribution in [0.25, 0.3) is 0 Å². The molecule has 0 radical (unpaired) electrons. The molecule has 1 heterocycles. The average Bonchev–Trinajstić information content (AvgIpc) is 2.18. The molecule has 0 aliphatic carbocycles. The van der Waals surface area contributed by atoms with Gasteiger partial charge < -0.3 is 10.5 Å². The molecule has 0 spiro atoms. The number of hydrogen-bond donors (Lipinski definition) is 1. The number of halogens is 6. The van der Waals surface area contributed by atoms with E-state index in [1.807, 2.05) is 0 Å². The van der Waals surface area contributed by atoms with E-state index in [1.165, 1.54) is 22.6 Å². The van der Waals surface area contributed by atoms with Gasteiger partial charge in [-0.15, -0.1) is 13.2 Å². The minimum Gasteiger partial charge on any atom is -0.402 e. The van der Waals surface area contributed by atoms with Gasteiger partial charge in [0.2, 0.25) is 0 Å². The second-order valence-electron chi connectivity index (χ2n) is 2.86. The molecule has 17 heavy (non-hydrogen) atoms. The molecule has 0 aromatic carbocycles. The van der Waals surface area contributed by atoms with Crippen molar-refractivity contribution in [1.82, 2.24) is 4.98 Å². The van der Waals surface area contributed by atoms with Crippen molar-refractivity contribution in [2.24, 2.45) is 5.73 Å². The lowest BCUT2D eigenvalue weighted by Crippen LogP contribution is -2.20. The molecule has 96 valence electrons. The molecule has 0 unspecified atom stereocenters. The van der Waals surface area contributed by atoms with Gasteiger partial charge in [0, 0.05) is 18.3 Å². The average molecular weight is 368 g/mol. The molecule has 0 bridgehead atoms. The Labute approximate surface area is 106 Å². The van der Waals surface area contributed by atoms with Crippen LogP contribution in [-0.2, 0) is 6.54 Å². The molecule has 0 amide bonds. The largest absolute Gasteiger partial charge is 0.573 e. The van der Waals surface area contributed by atoms with E-state index >= 15 is 0 Å². The Balaban J connectivity index is 3.30. The summed E-state index contributed by atoms with van der Waals surface area (Å²) in [5, 5.41) is 0. The summed E-state index contributed by atoms with van der Waals surface area (Å²) in [7, 11) is 0. The number of pyridine rings is 1. The van der Waals surface area contributed by atoms with E-state index in [1.54, 1.807) is 0 Å². The predicted octanol–water partition coefficient (Wildman–Crippen LogP) is 2.98. The van der Waals surface area contributed by atoms with E-state index in [2.05, 4.69) is 9.72 Å². The first-order valence-corrected chi connectivity index (χ1v) is 5.25. The topological polar surface area (TPSA) is 48.1 Å². The molecule has 1 aromatic rings. The Morgan fingerprint density at radius 2 is 2.00 bits per heavy atom. The molecule has 9 heteroatoms. The SMILES string of the molecule is NCc1cnc(C(F)F)c(OC(F)(F)F)c1I.